The molecule has 9 heteroatoms. The second-order valence-electron chi connectivity index (χ2n) is 8.52. The zero-order valence-corrected chi connectivity index (χ0v) is 22.2. The lowest BCUT2D eigenvalue weighted by atomic mass is 9.85. The smallest absolute Gasteiger partial charge is 0.343 e. The average Bonchev–Trinajstić information content (AvgIpc) is 3.00. The quantitative estimate of drug-likeness (QED) is 0.133. The number of hydrazone groups is 1. The van der Waals surface area contributed by atoms with Crippen LogP contribution in [0.25, 0.3) is 0 Å². The normalized spacial score (nSPS) is 11.1. The van der Waals surface area contributed by atoms with Gasteiger partial charge in [-0.15, -0.1) is 0 Å². The van der Waals surface area contributed by atoms with E-state index >= 15 is 0 Å². The fourth-order valence-electron chi connectivity index (χ4n) is 4.06. The van der Waals surface area contributed by atoms with Gasteiger partial charge in [0.05, 0.1) is 33.1 Å². The topological polar surface area (TPSA) is 116 Å². The molecule has 0 aliphatic rings. The fraction of sp³-hybridized carbons (Fsp3) is 0.129. The maximum absolute atomic E-state index is 13.2. The summed E-state index contributed by atoms with van der Waals surface area (Å²) >= 11 is 0. The number of carbonyl (C=O) groups excluding carboxylic acids is 2. The van der Waals surface area contributed by atoms with Crippen LogP contribution in [0.1, 0.15) is 27.0 Å². The summed E-state index contributed by atoms with van der Waals surface area (Å²) in [6, 6.07) is 26.8. The summed E-state index contributed by atoms with van der Waals surface area (Å²) in [6.45, 7) is 0. The van der Waals surface area contributed by atoms with Crippen molar-refractivity contribution in [1.29, 1.82) is 0 Å². The lowest BCUT2D eigenvalue weighted by molar-refractivity contribution is -0.136. The molecule has 0 bridgehead atoms. The van der Waals surface area contributed by atoms with Gasteiger partial charge in [-0.2, -0.15) is 5.10 Å². The monoisotopic (exact) mass is 540 g/mol. The van der Waals surface area contributed by atoms with Gasteiger partial charge >= 0.3 is 5.97 Å². The summed E-state index contributed by atoms with van der Waals surface area (Å²) < 4.78 is 21.4. The minimum Gasteiger partial charge on any atom is -0.493 e. The minimum atomic E-state index is -1.96. The van der Waals surface area contributed by atoms with Gasteiger partial charge in [-0.1, -0.05) is 72.8 Å². The van der Waals surface area contributed by atoms with E-state index in [0.717, 1.165) is 0 Å². The molecule has 0 saturated carbocycles. The van der Waals surface area contributed by atoms with Crippen LogP contribution in [0.15, 0.2) is 102 Å². The van der Waals surface area contributed by atoms with Crippen LogP contribution in [0.5, 0.6) is 23.0 Å². The summed E-state index contributed by atoms with van der Waals surface area (Å²) in [5.74, 6) is -0.135. The third kappa shape index (κ3) is 5.95. The molecule has 0 saturated heterocycles. The highest BCUT2D eigenvalue weighted by Gasteiger charge is 2.39. The zero-order chi connectivity index (χ0) is 28.5. The third-order valence-corrected chi connectivity index (χ3v) is 6.06. The fourth-order valence-corrected chi connectivity index (χ4v) is 4.06. The van der Waals surface area contributed by atoms with E-state index in [2.05, 4.69) is 10.5 Å². The Morgan fingerprint density at radius 3 is 1.88 bits per heavy atom. The molecule has 0 radical (unpaired) electrons. The Bertz CT molecular complexity index is 1440. The van der Waals surface area contributed by atoms with Crippen molar-refractivity contribution >= 4 is 18.1 Å². The Labute approximate surface area is 231 Å². The SMILES string of the molecule is COc1cc(C(=O)Oc2cccc(C=NNC(=O)C(O)(c3ccccc3)c3ccccc3)c2)cc(OC)c1OC. The number of esters is 1. The lowest BCUT2D eigenvalue weighted by Gasteiger charge is -2.27. The molecule has 4 aromatic rings. The number of amides is 1. The molecule has 40 heavy (non-hydrogen) atoms. The maximum atomic E-state index is 13.2. The summed E-state index contributed by atoms with van der Waals surface area (Å²) in [5, 5.41) is 15.5. The molecule has 0 unspecified atom stereocenters. The number of nitrogens with one attached hydrogen (secondary N) is 1. The number of aliphatic hydroxyl groups is 1. The molecule has 0 atom stereocenters. The van der Waals surface area contributed by atoms with E-state index in [-0.39, 0.29) is 11.3 Å². The summed E-state index contributed by atoms with van der Waals surface area (Å²) in [5.41, 5.74) is 2.00. The first kappa shape index (κ1) is 27.9. The van der Waals surface area contributed by atoms with Crippen molar-refractivity contribution in [3.8, 4) is 23.0 Å². The van der Waals surface area contributed by atoms with Crippen LogP contribution < -0.4 is 24.4 Å². The summed E-state index contributed by atoms with van der Waals surface area (Å²) in [6.07, 6.45) is 1.38. The molecule has 0 heterocycles. The number of ether oxygens (including phenoxy) is 4. The summed E-state index contributed by atoms with van der Waals surface area (Å²) in [4.78, 5) is 26.1. The lowest BCUT2D eigenvalue weighted by Crippen LogP contribution is -2.43. The van der Waals surface area contributed by atoms with Gasteiger partial charge in [-0.25, -0.2) is 10.2 Å². The number of rotatable bonds is 10. The number of methoxy groups -OCH3 is 3. The first-order valence-electron chi connectivity index (χ1n) is 12.2. The average molecular weight is 541 g/mol. The Kier molecular flexibility index (Phi) is 8.78. The van der Waals surface area contributed by atoms with Gasteiger partial charge in [0, 0.05) is 0 Å². The number of nitrogens with zero attached hydrogens (tertiary/aromatic N) is 1. The van der Waals surface area contributed by atoms with Gasteiger partial charge in [0.1, 0.15) is 5.75 Å². The molecular formula is C31H28N2O7. The zero-order valence-electron chi connectivity index (χ0n) is 22.2. The molecule has 0 aromatic heterocycles. The molecule has 0 spiro atoms. The highest BCUT2D eigenvalue weighted by atomic mass is 16.5. The van der Waals surface area contributed by atoms with Crippen molar-refractivity contribution < 1.29 is 33.6 Å². The first-order chi connectivity index (χ1) is 19.4. The van der Waals surface area contributed by atoms with Crippen LogP contribution in [0.4, 0.5) is 0 Å². The highest BCUT2D eigenvalue weighted by molar-refractivity contribution is 5.93. The van der Waals surface area contributed by atoms with Crippen LogP contribution in [-0.2, 0) is 10.4 Å². The largest absolute Gasteiger partial charge is 0.493 e. The molecule has 2 N–H and O–H groups in total. The predicted octanol–water partition coefficient (Wildman–Crippen LogP) is 4.32. The maximum Gasteiger partial charge on any atom is 0.343 e. The molecule has 0 fully saturated rings. The van der Waals surface area contributed by atoms with Crippen molar-refractivity contribution in [3.63, 3.8) is 0 Å². The van der Waals surface area contributed by atoms with Crippen LogP contribution in [0.3, 0.4) is 0 Å². The van der Waals surface area contributed by atoms with Gasteiger partial charge in [-0.3, -0.25) is 4.79 Å². The van der Waals surface area contributed by atoms with Crippen molar-refractivity contribution in [2.45, 2.75) is 5.60 Å². The van der Waals surface area contributed by atoms with E-state index < -0.39 is 17.5 Å². The van der Waals surface area contributed by atoms with E-state index in [1.54, 1.807) is 84.9 Å². The third-order valence-electron chi connectivity index (χ3n) is 6.06. The predicted molar refractivity (Wildman–Crippen MR) is 149 cm³/mol. The van der Waals surface area contributed by atoms with Gasteiger partial charge in [0.2, 0.25) is 5.75 Å². The van der Waals surface area contributed by atoms with E-state index in [4.69, 9.17) is 18.9 Å². The second-order valence-corrected chi connectivity index (χ2v) is 8.52. The number of hydrogen-bond acceptors (Lipinski definition) is 8. The Morgan fingerprint density at radius 2 is 1.35 bits per heavy atom. The molecule has 204 valence electrons. The molecular weight excluding hydrogens is 512 g/mol. The van der Waals surface area contributed by atoms with E-state index in [0.29, 0.717) is 33.9 Å². The van der Waals surface area contributed by atoms with Crippen LogP contribution in [0, 0.1) is 0 Å². The molecule has 0 aliphatic heterocycles. The van der Waals surface area contributed by atoms with Crippen molar-refractivity contribution in [2.24, 2.45) is 5.10 Å². The standard InChI is InChI=1S/C31H28N2O7/c1-37-26-18-22(19-27(38-2)28(26)39-3)29(34)40-25-16-10-11-21(17-25)20-32-33-30(35)31(36,23-12-6-4-7-13-23)24-14-8-5-9-15-24/h4-20,36H,1-3H3,(H,33,35). The number of hydrogen-bond donors (Lipinski definition) is 2. The van der Waals surface area contributed by atoms with Crippen molar-refractivity contribution in [1.82, 2.24) is 5.43 Å². The first-order valence-corrected chi connectivity index (χ1v) is 12.2. The molecule has 1 amide bonds. The van der Waals surface area contributed by atoms with E-state index in [1.165, 1.54) is 39.7 Å². The second kappa shape index (κ2) is 12.6. The van der Waals surface area contributed by atoms with Crippen LogP contribution >= 0.6 is 0 Å². The van der Waals surface area contributed by atoms with Gasteiger partial charge in [-0.05, 0) is 41.0 Å². The minimum absolute atomic E-state index is 0.196. The molecule has 9 nitrogen and oxygen atoms in total. The van der Waals surface area contributed by atoms with Gasteiger partial charge in [0.25, 0.3) is 5.91 Å². The molecule has 4 rings (SSSR count). The molecule has 4 aromatic carbocycles. The number of carbonyl (C=O) groups is 2. The van der Waals surface area contributed by atoms with Crippen molar-refractivity contribution in [2.75, 3.05) is 21.3 Å². The van der Waals surface area contributed by atoms with Crippen LogP contribution in [-0.4, -0.2) is 44.5 Å². The van der Waals surface area contributed by atoms with E-state index in [1.807, 2.05) is 0 Å². The van der Waals surface area contributed by atoms with Crippen LogP contribution in [0.2, 0.25) is 0 Å². The number of benzene rings is 4. The molecule has 0 aliphatic carbocycles. The van der Waals surface area contributed by atoms with E-state index in [9.17, 15) is 14.7 Å². The van der Waals surface area contributed by atoms with Crippen molar-refractivity contribution in [3.05, 3.63) is 119 Å². The highest BCUT2D eigenvalue weighted by Crippen LogP contribution is 2.38. The Morgan fingerprint density at radius 1 is 0.775 bits per heavy atom. The van der Waals surface area contributed by atoms with Gasteiger partial charge < -0.3 is 24.1 Å². The summed E-state index contributed by atoms with van der Waals surface area (Å²) in [7, 11) is 4.38. The Hall–Kier alpha value is -5.15. The van der Waals surface area contributed by atoms with Gasteiger partial charge in [0.15, 0.2) is 17.1 Å². The Balaban J connectivity index is 1.50.